The molecule has 0 aromatic heterocycles. The molecule has 0 aliphatic carbocycles. The second kappa shape index (κ2) is 11.7. The fraction of sp³-hybridized carbons (Fsp3) is 0.615. The quantitative estimate of drug-likeness (QED) is 0.299. The molecule has 0 aliphatic heterocycles. The van der Waals surface area contributed by atoms with E-state index in [-0.39, 0.29) is 19.6 Å². The zero-order chi connectivity index (χ0) is 25.4. The van der Waals surface area contributed by atoms with Crippen LogP contribution in [0.5, 0.6) is 5.75 Å². The summed E-state index contributed by atoms with van der Waals surface area (Å²) < 4.78 is 5.51. The molecular weight excluding hydrogens is 420 g/mol. The number of carbonyl (C=O) groups excluding carboxylic acids is 2. The summed E-state index contributed by atoms with van der Waals surface area (Å²) in [5, 5.41) is 25.4. The molecule has 2 atom stereocenters. The van der Waals surface area contributed by atoms with Crippen LogP contribution in [-0.2, 0) is 16.0 Å². The van der Waals surface area contributed by atoms with E-state index < -0.39 is 40.1 Å². The molecule has 0 unspecified atom stereocenters. The van der Waals surface area contributed by atoms with Gasteiger partial charge in [0, 0.05) is 0 Å². The van der Waals surface area contributed by atoms with Crippen molar-refractivity contribution in [2.45, 2.75) is 67.0 Å². The number of nitrogens with one attached hydrogen (secondary N) is 2. The van der Waals surface area contributed by atoms with Gasteiger partial charge in [0.2, 0.25) is 11.8 Å². The van der Waals surface area contributed by atoms with Gasteiger partial charge in [-0.3, -0.25) is 9.59 Å². The third kappa shape index (κ3) is 8.16. The van der Waals surface area contributed by atoms with Gasteiger partial charge in [-0.05, 0) is 41.9 Å². The van der Waals surface area contributed by atoms with Gasteiger partial charge in [-0.2, -0.15) is 0 Å². The van der Waals surface area contributed by atoms with Crippen molar-refractivity contribution >= 4 is 11.8 Å². The highest BCUT2D eigenvalue weighted by Gasteiger charge is 2.44. The maximum Gasteiger partial charge on any atom is 0.236 e. The molecule has 7 nitrogen and oxygen atoms in total. The van der Waals surface area contributed by atoms with Gasteiger partial charge in [0.15, 0.2) is 0 Å². The molecule has 2 amide bonds. The first-order chi connectivity index (χ1) is 15.2. The Bertz CT molecular complexity index is 754. The Kier molecular flexibility index (Phi) is 10.1. The van der Waals surface area contributed by atoms with Crippen LogP contribution in [0.4, 0.5) is 0 Å². The van der Waals surface area contributed by atoms with Crippen molar-refractivity contribution in [2.24, 2.45) is 16.2 Å². The highest BCUT2D eigenvalue weighted by Crippen LogP contribution is 2.29. The maximum absolute atomic E-state index is 13.5. The summed E-state index contributed by atoms with van der Waals surface area (Å²) in [6.45, 7) is 16.6. The number of rotatable bonds is 11. The number of aliphatic hydroxyl groups is 2. The van der Waals surface area contributed by atoms with Crippen molar-refractivity contribution in [1.82, 2.24) is 10.6 Å². The molecule has 186 valence electrons. The minimum atomic E-state index is -1.47. The Morgan fingerprint density at radius 1 is 0.909 bits per heavy atom. The molecule has 0 spiro atoms. The van der Waals surface area contributed by atoms with Crippen molar-refractivity contribution in [3.05, 3.63) is 42.5 Å². The van der Waals surface area contributed by atoms with Crippen LogP contribution < -0.4 is 15.4 Å². The number of benzene rings is 1. The lowest BCUT2D eigenvalue weighted by molar-refractivity contribution is -0.144. The van der Waals surface area contributed by atoms with E-state index in [1.807, 2.05) is 53.7 Å². The number of hydrogen-bond acceptors (Lipinski definition) is 5. The highest BCUT2D eigenvalue weighted by molar-refractivity contribution is 6.05. The normalized spacial score (nSPS) is 14.2. The number of ether oxygens (including phenoxy) is 1. The fourth-order valence-electron chi connectivity index (χ4n) is 3.24. The van der Waals surface area contributed by atoms with Gasteiger partial charge in [0.25, 0.3) is 0 Å². The Balaban J connectivity index is 3.27. The van der Waals surface area contributed by atoms with Crippen LogP contribution in [0, 0.1) is 16.2 Å². The summed E-state index contributed by atoms with van der Waals surface area (Å²) in [6, 6.07) is 6.15. The van der Waals surface area contributed by atoms with Crippen molar-refractivity contribution in [1.29, 1.82) is 0 Å². The van der Waals surface area contributed by atoms with Gasteiger partial charge in [-0.1, -0.05) is 66.3 Å². The van der Waals surface area contributed by atoms with E-state index in [4.69, 9.17) is 4.74 Å². The number of amides is 2. The van der Waals surface area contributed by atoms with Crippen molar-refractivity contribution < 1.29 is 24.5 Å². The second-order valence-electron chi connectivity index (χ2n) is 10.9. The lowest BCUT2D eigenvalue weighted by atomic mass is 9.78. The van der Waals surface area contributed by atoms with Crippen LogP contribution in [0.3, 0.4) is 0 Å². The van der Waals surface area contributed by atoms with Gasteiger partial charge >= 0.3 is 0 Å². The first-order valence-corrected chi connectivity index (χ1v) is 11.3. The summed E-state index contributed by atoms with van der Waals surface area (Å²) in [6.07, 6.45) is 1.79. The van der Waals surface area contributed by atoms with Crippen LogP contribution in [0.1, 0.15) is 54.0 Å². The standard InChI is InChI=1S/C26H42N2O5/c1-9-14-33-19-12-10-18(11-13-19)15-26(8,22(31)27-20(16-29)24(2,3)4)23(32)28-21(17-30)25(5,6)7/h9-13,20-21,29-30H,1,14-17H2,2-8H3,(H,27,31)(H,28,32)/t20-,21-/m1/s1. The number of hydrogen-bond donors (Lipinski definition) is 4. The van der Waals surface area contributed by atoms with Crippen molar-refractivity contribution in [3.63, 3.8) is 0 Å². The van der Waals surface area contributed by atoms with E-state index in [1.54, 1.807) is 25.1 Å². The number of aliphatic hydroxyl groups excluding tert-OH is 2. The molecular formula is C26H42N2O5. The molecule has 4 N–H and O–H groups in total. The molecule has 0 bridgehead atoms. The molecule has 7 heteroatoms. The number of carbonyl (C=O) groups is 2. The van der Waals surface area contributed by atoms with E-state index in [0.717, 1.165) is 5.56 Å². The lowest BCUT2D eigenvalue weighted by Crippen LogP contribution is -2.59. The molecule has 1 rings (SSSR count). The minimum absolute atomic E-state index is 0.136. The molecule has 1 aromatic carbocycles. The summed E-state index contributed by atoms with van der Waals surface area (Å²) in [4.78, 5) is 26.9. The van der Waals surface area contributed by atoms with E-state index in [0.29, 0.717) is 12.4 Å². The molecule has 33 heavy (non-hydrogen) atoms. The van der Waals surface area contributed by atoms with Gasteiger partial charge in [0.1, 0.15) is 17.8 Å². The van der Waals surface area contributed by atoms with Crippen LogP contribution in [0.25, 0.3) is 0 Å². The Morgan fingerprint density at radius 2 is 1.33 bits per heavy atom. The SMILES string of the molecule is C=CCOc1ccc(CC(C)(C(=O)N[C@H](CO)C(C)(C)C)C(=O)N[C@H](CO)C(C)(C)C)cc1. The first kappa shape index (κ1) is 28.7. The van der Waals surface area contributed by atoms with Gasteiger partial charge < -0.3 is 25.6 Å². The lowest BCUT2D eigenvalue weighted by Gasteiger charge is -2.37. The topological polar surface area (TPSA) is 108 Å². The smallest absolute Gasteiger partial charge is 0.236 e. The summed E-state index contributed by atoms with van der Waals surface area (Å²) in [7, 11) is 0. The van der Waals surface area contributed by atoms with Crippen LogP contribution in [-0.4, -0.2) is 53.9 Å². The Labute approximate surface area is 198 Å². The fourth-order valence-corrected chi connectivity index (χ4v) is 3.24. The molecule has 0 fully saturated rings. The highest BCUT2D eigenvalue weighted by atomic mass is 16.5. The minimum Gasteiger partial charge on any atom is -0.490 e. The molecule has 0 heterocycles. The van der Waals surface area contributed by atoms with Crippen LogP contribution in [0.2, 0.25) is 0 Å². The van der Waals surface area contributed by atoms with Gasteiger partial charge in [-0.25, -0.2) is 0 Å². The molecule has 0 radical (unpaired) electrons. The monoisotopic (exact) mass is 462 g/mol. The average Bonchev–Trinajstić information content (AvgIpc) is 2.72. The zero-order valence-electron chi connectivity index (χ0n) is 21.2. The molecule has 0 saturated heterocycles. The van der Waals surface area contributed by atoms with E-state index >= 15 is 0 Å². The summed E-state index contributed by atoms with van der Waals surface area (Å²) in [5.41, 5.74) is -1.49. The Morgan fingerprint density at radius 3 is 1.67 bits per heavy atom. The Hall–Kier alpha value is -2.38. The maximum atomic E-state index is 13.5. The van der Waals surface area contributed by atoms with Crippen molar-refractivity contribution in [3.8, 4) is 5.75 Å². The summed E-state index contributed by atoms with van der Waals surface area (Å²) >= 11 is 0. The largest absolute Gasteiger partial charge is 0.490 e. The van der Waals surface area contributed by atoms with E-state index in [9.17, 15) is 19.8 Å². The van der Waals surface area contributed by atoms with Crippen molar-refractivity contribution in [2.75, 3.05) is 19.8 Å². The van der Waals surface area contributed by atoms with E-state index in [1.165, 1.54) is 0 Å². The third-order valence-corrected chi connectivity index (χ3v) is 5.92. The van der Waals surface area contributed by atoms with Crippen LogP contribution >= 0.6 is 0 Å². The molecule has 1 aromatic rings. The predicted molar refractivity (Wildman–Crippen MR) is 131 cm³/mol. The van der Waals surface area contributed by atoms with Gasteiger partial charge in [0.05, 0.1) is 25.3 Å². The van der Waals surface area contributed by atoms with Gasteiger partial charge in [-0.15, -0.1) is 0 Å². The summed E-state index contributed by atoms with van der Waals surface area (Å²) in [5.74, 6) is -0.298. The molecule has 0 saturated carbocycles. The third-order valence-electron chi connectivity index (χ3n) is 5.92. The van der Waals surface area contributed by atoms with E-state index in [2.05, 4.69) is 17.2 Å². The first-order valence-electron chi connectivity index (χ1n) is 11.3. The second-order valence-corrected chi connectivity index (χ2v) is 10.9. The molecule has 0 aliphatic rings. The zero-order valence-corrected chi connectivity index (χ0v) is 21.2. The predicted octanol–water partition coefficient (Wildman–Crippen LogP) is 2.85. The average molecular weight is 463 g/mol. The van der Waals surface area contributed by atoms with Crippen LogP contribution in [0.15, 0.2) is 36.9 Å².